The summed E-state index contributed by atoms with van der Waals surface area (Å²) in [5, 5.41) is 9.59. The average molecular weight is 343 g/mol. The van der Waals surface area contributed by atoms with Crippen LogP contribution in [-0.4, -0.2) is 52.0 Å². The van der Waals surface area contributed by atoms with Gasteiger partial charge in [0, 0.05) is 16.1 Å². The Labute approximate surface area is 161 Å². The third kappa shape index (κ3) is 5.08. The van der Waals surface area contributed by atoms with Crippen LogP contribution in [0.15, 0.2) is 48.5 Å². The fourth-order valence-corrected chi connectivity index (χ4v) is 1.91. The normalized spacial score (nSPS) is 10.6. The van der Waals surface area contributed by atoms with Gasteiger partial charge in [0.1, 0.15) is 5.75 Å². The van der Waals surface area contributed by atoms with Gasteiger partial charge in [0.15, 0.2) is 11.4 Å². The van der Waals surface area contributed by atoms with Crippen molar-refractivity contribution in [2.75, 3.05) is 0 Å². The molecule has 0 spiro atoms. The van der Waals surface area contributed by atoms with Gasteiger partial charge in [0.2, 0.25) is 0 Å². The molecule has 0 bridgehead atoms. The Morgan fingerprint density at radius 2 is 1.39 bits per heavy atom. The van der Waals surface area contributed by atoms with E-state index in [0.717, 1.165) is 0 Å². The van der Waals surface area contributed by atoms with E-state index in [-0.39, 0.29) is 35.3 Å². The molecule has 0 aliphatic carbocycles. The molecule has 0 unspecified atom stereocenters. The van der Waals surface area contributed by atoms with E-state index in [1.807, 2.05) is 0 Å². The number of carbonyl (C=O) groups is 2. The molecular formula is C17H16ClNaO4. The molecular weight excluding hydrogens is 327 g/mol. The molecule has 0 saturated heterocycles. The maximum atomic E-state index is 12.3. The number of carbonyl (C=O) groups excluding carboxylic acids is 1. The number of aliphatic carboxylic acids is 1. The topological polar surface area (TPSA) is 63.6 Å². The van der Waals surface area contributed by atoms with Crippen LogP contribution in [0, 0.1) is 0 Å². The van der Waals surface area contributed by atoms with Gasteiger partial charge in [0.05, 0.1) is 0 Å². The summed E-state index contributed by atoms with van der Waals surface area (Å²) in [6.45, 7) is 2.92. The van der Waals surface area contributed by atoms with Crippen LogP contribution < -0.4 is 4.74 Å². The number of ether oxygens (including phenoxy) is 1. The Morgan fingerprint density at radius 3 is 1.83 bits per heavy atom. The van der Waals surface area contributed by atoms with E-state index in [1.54, 1.807) is 48.5 Å². The van der Waals surface area contributed by atoms with Crippen molar-refractivity contribution >= 4 is 52.9 Å². The van der Waals surface area contributed by atoms with Gasteiger partial charge in [-0.25, -0.2) is 4.79 Å². The third-order valence-electron chi connectivity index (χ3n) is 3.11. The molecule has 0 radical (unpaired) electrons. The minimum absolute atomic E-state index is 0. The summed E-state index contributed by atoms with van der Waals surface area (Å²) in [6, 6.07) is 13.0. The molecule has 2 aromatic rings. The van der Waals surface area contributed by atoms with Gasteiger partial charge in [-0.2, -0.15) is 0 Å². The number of hydrogen-bond donors (Lipinski definition) is 1. The molecule has 6 heteroatoms. The molecule has 1 N–H and O–H groups in total. The SMILES string of the molecule is CC(C)(Oc1ccc(C(=O)c2ccc(Cl)cc2)cc1)C(=O)O.[NaH]. The molecule has 0 saturated carbocycles. The molecule has 0 atom stereocenters. The zero-order valence-electron chi connectivity index (χ0n) is 12.2. The second kappa shape index (κ2) is 7.97. The van der Waals surface area contributed by atoms with Gasteiger partial charge in [-0.3, -0.25) is 4.79 Å². The monoisotopic (exact) mass is 342 g/mol. The van der Waals surface area contributed by atoms with Crippen LogP contribution in [0.2, 0.25) is 5.02 Å². The first-order valence-electron chi connectivity index (χ1n) is 6.62. The van der Waals surface area contributed by atoms with Crippen molar-refractivity contribution in [1.29, 1.82) is 0 Å². The van der Waals surface area contributed by atoms with E-state index >= 15 is 0 Å². The molecule has 0 heterocycles. The Morgan fingerprint density at radius 1 is 0.957 bits per heavy atom. The van der Waals surface area contributed by atoms with Crippen molar-refractivity contribution in [2.45, 2.75) is 19.4 Å². The van der Waals surface area contributed by atoms with Crippen LogP contribution in [0.4, 0.5) is 0 Å². The van der Waals surface area contributed by atoms with E-state index in [0.29, 0.717) is 21.9 Å². The molecule has 2 aromatic carbocycles. The fourth-order valence-electron chi connectivity index (χ4n) is 1.78. The van der Waals surface area contributed by atoms with Crippen LogP contribution in [0.3, 0.4) is 0 Å². The van der Waals surface area contributed by atoms with Gasteiger partial charge in [-0.1, -0.05) is 11.6 Å². The van der Waals surface area contributed by atoms with Crippen LogP contribution in [0.25, 0.3) is 0 Å². The summed E-state index contributed by atoms with van der Waals surface area (Å²) in [5.74, 6) is -0.811. The van der Waals surface area contributed by atoms with Crippen molar-refractivity contribution in [1.82, 2.24) is 0 Å². The van der Waals surface area contributed by atoms with E-state index in [1.165, 1.54) is 13.8 Å². The predicted octanol–water partition coefficient (Wildman–Crippen LogP) is 3.16. The fraction of sp³-hybridized carbons (Fsp3) is 0.176. The van der Waals surface area contributed by atoms with E-state index < -0.39 is 11.6 Å². The molecule has 0 fully saturated rings. The molecule has 116 valence electrons. The summed E-state index contributed by atoms with van der Waals surface area (Å²) in [5.41, 5.74) is -0.312. The average Bonchev–Trinajstić information content (AvgIpc) is 2.47. The third-order valence-corrected chi connectivity index (χ3v) is 3.36. The standard InChI is InChI=1S/C17H15ClO4.Na.H/c1-17(2,16(20)21)22-14-9-5-12(6-10-14)15(19)11-3-7-13(18)8-4-11;;/h3-10H,1-2H3,(H,20,21);;. The van der Waals surface area contributed by atoms with Gasteiger partial charge in [0.25, 0.3) is 0 Å². The number of hydrogen-bond acceptors (Lipinski definition) is 3. The Balaban J connectivity index is 0.00000264. The number of ketones is 1. The van der Waals surface area contributed by atoms with E-state index in [9.17, 15) is 9.59 Å². The van der Waals surface area contributed by atoms with Crippen molar-refractivity contribution in [3.05, 3.63) is 64.7 Å². The van der Waals surface area contributed by atoms with Gasteiger partial charge in [-0.15, -0.1) is 0 Å². The van der Waals surface area contributed by atoms with Crippen LogP contribution in [-0.2, 0) is 4.79 Å². The van der Waals surface area contributed by atoms with Crippen molar-refractivity contribution in [3.63, 3.8) is 0 Å². The summed E-state index contributed by atoms with van der Waals surface area (Å²) in [7, 11) is 0. The number of carboxylic acids is 1. The summed E-state index contributed by atoms with van der Waals surface area (Å²) in [6.07, 6.45) is 0. The van der Waals surface area contributed by atoms with Crippen molar-refractivity contribution < 1.29 is 19.4 Å². The minimum atomic E-state index is -1.33. The number of halogens is 1. The summed E-state index contributed by atoms with van der Waals surface area (Å²) in [4.78, 5) is 23.3. The Hall–Kier alpha value is -1.33. The zero-order valence-corrected chi connectivity index (χ0v) is 12.9. The summed E-state index contributed by atoms with van der Waals surface area (Å²) < 4.78 is 5.39. The number of rotatable bonds is 5. The number of carboxylic acid groups (broad SMARTS) is 1. The second-order valence-electron chi connectivity index (χ2n) is 5.28. The Kier molecular flexibility index (Phi) is 6.84. The molecule has 0 aliphatic rings. The van der Waals surface area contributed by atoms with Crippen LogP contribution >= 0.6 is 11.6 Å². The predicted molar refractivity (Wildman–Crippen MR) is 90.8 cm³/mol. The van der Waals surface area contributed by atoms with Crippen molar-refractivity contribution in [2.24, 2.45) is 0 Å². The first kappa shape index (κ1) is 19.7. The zero-order chi connectivity index (χ0) is 16.3. The van der Waals surface area contributed by atoms with E-state index in [2.05, 4.69) is 0 Å². The van der Waals surface area contributed by atoms with Crippen LogP contribution in [0.1, 0.15) is 29.8 Å². The van der Waals surface area contributed by atoms with Gasteiger partial charge < -0.3 is 9.84 Å². The van der Waals surface area contributed by atoms with Gasteiger partial charge >= 0.3 is 35.5 Å². The first-order chi connectivity index (χ1) is 10.3. The van der Waals surface area contributed by atoms with Crippen molar-refractivity contribution in [3.8, 4) is 5.75 Å². The Bertz CT molecular complexity index is 694. The molecule has 0 aromatic heterocycles. The summed E-state index contributed by atoms with van der Waals surface area (Å²) >= 11 is 5.79. The second-order valence-corrected chi connectivity index (χ2v) is 5.71. The first-order valence-corrected chi connectivity index (χ1v) is 7.00. The maximum absolute atomic E-state index is 12.3. The quantitative estimate of drug-likeness (QED) is 0.669. The van der Waals surface area contributed by atoms with E-state index in [4.69, 9.17) is 21.4 Å². The van der Waals surface area contributed by atoms with Gasteiger partial charge in [-0.05, 0) is 62.4 Å². The number of benzene rings is 2. The molecule has 23 heavy (non-hydrogen) atoms. The molecule has 0 amide bonds. The molecule has 4 nitrogen and oxygen atoms in total. The molecule has 0 aliphatic heterocycles. The molecule has 2 rings (SSSR count). The van der Waals surface area contributed by atoms with Crippen LogP contribution in [0.5, 0.6) is 5.75 Å².